The third-order valence-electron chi connectivity index (χ3n) is 7.74. The monoisotopic (exact) mass is 618 g/mol. The number of benzene rings is 1. The maximum Gasteiger partial charge on any atom is 0.308 e. The summed E-state index contributed by atoms with van der Waals surface area (Å²) in [6, 6.07) is 2.99. The van der Waals surface area contributed by atoms with Crippen LogP contribution in [0.5, 0.6) is 0 Å². The van der Waals surface area contributed by atoms with Crippen molar-refractivity contribution < 1.29 is 27.9 Å². The first-order chi connectivity index (χ1) is 20.2. The van der Waals surface area contributed by atoms with E-state index < -0.39 is 29.9 Å². The molecule has 0 bridgehead atoms. The van der Waals surface area contributed by atoms with Crippen molar-refractivity contribution in [3.8, 4) is 0 Å². The van der Waals surface area contributed by atoms with Crippen LogP contribution in [0.2, 0.25) is 10.0 Å². The van der Waals surface area contributed by atoms with Crippen molar-refractivity contribution in [3.05, 3.63) is 80.9 Å². The maximum atomic E-state index is 14.1. The predicted octanol–water partition coefficient (Wildman–Crippen LogP) is 6.56. The van der Waals surface area contributed by atoms with Crippen molar-refractivity contribution in [3.63, 3.8) is 0 Å². The van der Waals surface area contributed by atoms with Gasteiger partial charge in [-0.2, -0.15) is 5.10 Å². The fraction of sp³-hybridized carbons (Fsp3) is 0.433. The topological polar surface area (TPSA) is 94.4 Å². The quantitative estimate of drug-likeness (QED) is 0.189. The smallest absolute Gasteiger partial charge is 0.308 e. The van der Waals surface area contributed by atoms with Gasteiger partial charge in [-0.25, -0.2) is 8.78 Å². The largest absolute Gasteiger partial charge is 0.466 e. The Morgan fingerprint density at radius 2 is 1.62 bits per heavy atom. The van der Waals surface area contributed by atoms with Crippen LogP contribution in [-0.4, -0.2) is 50.5 Å². The van der Waals surface area contributed by atoms with E-state index in [4.69, 9.17) is 27.9 Å². The number of esters is 1. The summed E-state index contributed by atoms with van der Waals surface area (Å²) in [7, 11) is 0. The molecule has 222 valence electrons. The van der Waals surface area contributed by atoms with Crippen molar-refractivity contribution in [2.24, 2.45) is 5.92 Å². The normalized spacial score (nSPS) is 18.5. The Bertz CT molecular complexity index is 1460. The average molecular weight is 619 g/mol. The van der Waals surface area contributed by atoms with E-state index in [0.717, 1.165) is 36.7 Å². The molecule has 2 aliphatic rings. The van der Waals surface area contributed by atoms with E-state index in [0.29, 0.717) is 37.9 Å². The lowest BCUT2D eigenvalue weighted by Crippen LogP contribution is -2.36. The first-order valence-corrected chi connectivity index (χ1v) is 14.7. The minimum Gasteiger partial charge on any atom is -0.466 e. The zero-order chi connectivity index (χ0) is 30.0. The van der Waals surface area contributed by atoms with E-state index in [2.05, 4.69) is 10.1 Å². The molecule has 0 aliphatic heterocycles. The molecule has 2 fully saturated rings. The molecule has 2 aliphatic carbocycles. The molecule has 2 aromatic heterocycles. The third kappa shape index (κ3) is 6.65. The highest BCUT2D eigenvalue weighted by Crippen LogP contribution is 2.45. The molecule has 0 N–H and O–H groups in total. The SMILES string of the molecule is CCOC(=O)C1CCC(n2ncc(C(=O)N(CC(=O)c3c(Cl)cncc3Cl)Cc3cc(F)cc(F)c3)c2C2CC2)CC1. The van der Waals surface area contributed by atoms with Crippen molar-refractivity contribution >= 4 is 40.9 Å². The Morgan fingerprint density at radius 3 is 2.21 bits per heavy atom. The van der Waals surface area contributed by atoms with Gasteiger partial charge in [0.05, 0.1) is 58.2 Å². The number of hydrogen-bond donors (Lipinski definition) is 0. The molecule has 0 spiro atoms. The van der Waals surface area contributed by atoms with Gasteiger partial charge >= 0.3 is 5.97 Å². The molecule has 2 saturated carbocycles. The van der Waals surface area contributed by atoms with Gasteiger partial charge in [0.1, 0.15) is 11.6 Å². The van der Waals surface area contributed by atoms with E-state index in [1.54, 1.807) is 6.92 Å². The Kier molecular flexibility index (Phi) is 9.22. The number of nitrogens with zero attached hydrogens (tertiary/aromatic N) is 4. The zero-order valence-corrected chi connectivity index (χ0v) is 24.5. The van der Waals surface area contributed by atoms with Crippen LogP contribution in [0.3, 0.4) is 0 Å². The summed E-state index contributed by atoms with van der Waals surface area (Å²) in [5, 5.41) is 4.67. The Morgan fingerprint density at radius 1 is 0.976 bits per heavy atom. The molecule has 42 heavy (non-hydrogen) atoms. The Hall–Kier alpha value is -3.37. The highest BCUT2D eigenvalue weighted by Gasteiger charge is 2.38. The van der Waals surface area contributed by atoms with Gasteiger partial charge in [-0.3, -0.25) is 24.0 Å². The van der Waals surface area contributed by atoms with Crippen LogP contribution in [-0.2, 0) is 16.1 Å². The molecule has 8 nitrogen and oxygen atoms in total. The number of aromatic nitrogens is 3. The molecule has 0 radical (unpaired) electrons. The highest BCUT2D eigenvalue weighted by molar-refractivity contribution is 6.39. The van der Waals surface area contributed by atoms with Gasteiger partial charge < -0.3 is 9.64 Å². The molecule has 3 aromatic rings. The van der Waals surface area contributed by atoms with Crippen molar-refractivity contribution in [1.29, 1.82) is 0 Å². The van der Waals surface area contributed by atoms with E-state index >= 15 is 0 Å². The summed E-state index contributed by atoms with van der Waals surface area (Å²) in [6.07, 6.45) is 8.59. The van der Waals surface area contributed by atoms with Crippen LogP contribution in [0.25, 0.3) is 0 Å². The maximum absolute atomic E-state index is 14.1. The highest BCUT2D eigenvalue weighted by atomic mass is 35.5. The lowest BCUT2D eigenvalue weighted by molar-refractivity contribution is -0.149. The molecule has 0 atom stereocenters. The van der Waals surface area contributed by atoms with E-state index in [1.807, 2.05) is 4.68 Å². The van der Waals surface area contributed by atoms with Gasteiger partial charge in [0.25, 0.3) is 5.91 Å². The van der Waals surface area contributed by atoms with E-state index in [1.165, 1.54) is 23.5 Å². The number of pyridine rings is 1. The van der Waals surface area contributed by atoms with Crippen LogP contribution in [0.1, 0.15) is 89.4 Å². The predicted molar refractivity (Wildman–Crippen MR) is 152 cm³/mol. The number of carbonyl (C=O) groups is 3. The van der Waals surface area contributed by atoms with E-state index in [-0.39, 0.29) is 51.6 Å². The van der Waals surface area contributed by atoms with E-state index in [9.17, 15) is 23.2 Å². The molecule has 12 heteroatoms. The molecule has 1 aromatic carbocycles. The third-order valence-corrected chi connectivity index (χ3v) is 8.31. The zero-order valence-electron chi connectivity index (χ0n) is 23.0. The second kappa shape index (κ2) is 12.9. The average Bonchev–Trinajstić information content (AvgIpc) is 3.69. The summed E-state index contributed by atoms with van der Waals surface area (Å²) in [4.78, 5) is 44.8. The van der Waals surface area contributed by atoms with Gasteiger partial charge in [-0.15, -0.1) is 0 Å². The minimum absolute atomic E-state index is 0.00743. The number of Topliss-reactive ketones (excluding diaryl/α,β-unsaturated/α-hetero) is 1. The van der Waals surface area contributed by atoms with Gasteiger partial charge in [0, 0.05) is 30.9 Å². The summed E-state index contributed by atoms with van der Waals surface area (Å²) < 4.78 is 35.2. The van der Waals surface area contributed by atoms with Crippen molar-refractivity contribution in [2.45, 2.75) is 64.0 Å². The number of rotatable bonds is 10. The summed E-state index contributed by atoms with van der Waals surface area (Å²) in [6.45, 7) is 1.45. The van der Waals surface area contributed by atoms with Crippen LogP contribution in [0.15, 0.2) is 36.8 Å². The van der Waals surface area contributed by atoms with Gasteiger partial charge in [0.15, 0.2) is 5.78 Å². The van der Waals surface area contributed by atoms with Crippen LogP contribution in [0, 0.1) is 17.6 Å². The number of ether oxygens (including phenoxy) is 1. The Balaban J connectivity index is 1.44. The lowest BCUT2D eigenvalue weighted by Gasteiger charge is -2.29. The molecule has 1 amide bonds. The summed E-state index contributed by atoms with van der Waals surface area (Å²) in [5.74, 6) is -2.84. The second-order valence-corrected chi connectivity index (χ2v) is 11.6. The van der Waals surface area contributed by atoms with Crippen molar-refractivity contribution in [2.75, 3.05) is 13.2 Å². The van der Waals surface area contributed by atoms with Crippen LogP contribution >= 0.6 is 23.2 Å². The second-order valence-electron chi connectivity index (χ2n) is 10.8. The minimum atomic E-state index is -0.797. The summed E-state index contributed by atoms with van der Waals surface area (Å²) >= 11 is 12.4. The van der Waals surface area contributed by atoms with Crippen molar-refractivity contribution in [1.82, 2.24) is 19.7 Å². The number of halogens is 4. The molecular formula is C30H30Cl2F2N4O4. The molecule has 2 heterocycles. The fourth-order valence-corrected chi connectivity index (χ4v) is 6.21. The van der Waals surface area contributed by atoms with Gasteiger partial charge in [0.2, 0.25) is 0 Å². The first-order valence-electron chi connectivity index (χ1n) is 14.0. The fourth-order valence-electron chi connectivity index (χ4n) is 5.63. The number of hydrogen-bond acceptors (Lipinski definition) is 6. The summed E-state index contributed by atoms with van der Waals surface area (Å²) in [5.41, 5.74) is 1.30. The first kappa shape index (κ1) is 30.1. The van der Waals surface area contributed by atoms with Crippen LogP contribution < -0.4 is 0 Å². The number of ketones is 1. The number of amides is 1. The molecule has 0 saturated heterocycles. The molecule has 5 rings (SSSR count). The van der Waals surface area contributed by atoms with Gasteiger partial charge in [-0.05, 0) is 63.1 Å². The molecular weight excluding hydrogens is 589 g/mol. The standard InChI is InChI=1S/C30H30Cl2F2N4O4/c1-2-42-30(41)19-5-7-22(8-6-19)38-28(18-3-4-18)23(12-36-38)29(40)37(15-17-9-20(33)11-21(34)10-17)16-26(39)27-24(31)13-35-14-25(27)32/h9-14,18-19,22H,2-8,15-16H2,1H3. The lowest BCUT2D eigenvalue weighted by atomic mass is 9.86. The molecule has 0 unspecified atom stereocenters. The van der Waals surface area contributed by atoms with Gasteiger partial charge in [-0.1, -0.05) is 23.2 Å². The van der Waals surface area contributed by atoms with Crippen LogP contribution in [0.4, 0.5) is 8.78 Å². The Labute approximate surface area is 251 Å². The number of carbonyl (C=O) groups excluding carboxylic acids is 3.